The molecule has 0 aromatic heterocycles. The summed E-state index contributed by atoms with van der Waals surface area (Å²) in [6.07, 6.45) is 6.59. The Balaban J connectivity index is 3.24. The third kappa shape index (κ3) is 8.12. The smallest absolute Gasteiger partial charge is 0.377 e. The molecule has 0 aromatic rings. The zero-order valence-corrected chi connectivity index (χ0v) is 9.33. The fraction of sp³-hybridized carbons (Fsp3) is 0.818. The van der Waals surface area contributed by atoms with Gasteiger partial charge in [-0.05, 0) is 6.42 Å². The van der Waals surface area contributed by atoms with Crippen LogP contribution < -0.4 is 0 Å². The van der Waals surface area contributed by atoms with E-state index < -0.39 is 18.4 Å². The first kappa shape index (κ1) is 14.1. The number of Topliss-reactive ketones (excluding diaryl/α,β-unsaturated/α-hetero) is 1. The largest absolute Gasteiger partial charge is 0.460 e. The van der Waals surface area contributed by atoms with Gasteiger partial charge in [-0.1, -0.05) is 39.0 Å². The van der Waals surface area contributed by atoms with Crippen molar-refractivity contribution in [3.63, 3.8) is 0 Å². The number of rotatable bonds is 9. The monoisotopic (exact) mass is 216 g/mol. The second-order valence-corrected chi connectivity index (χ2v) is 3.48. The van der Waals surface area contributed by atoms with Crippen LogP contribution in [0.2, 0.25) is 0 Å². The highest BCUT2D eigenvalue weighted by molar-refractivity contribution is 6.34. The predicted octanol–water partition coefficient (Wildman–Crippen LogP) is 1.45. The van der Waals surface area contributed by atoms with Crippen LogP contribution in [0.15, 0.2) is 0 Å². The standard InChI is InChI=1S/C11H20O4/c1-2-3-4-5-6-7-8-15-11(14)10(13)9-12/h12H,2-9H2,1H3. The average molecular weight is 216 g/mol. The van der Waals surface area contributed by atoms with Crippen LogP contribution in [0, 0.1) is 0 Å². The molecule has 0 aliphatic rings. The summed E-state index contributed by atoms with van der Waals surface area (Å²) < 4.78 is 4.65. The molecule has 0 atom stereocenters. The zero-order chi connectivity index (χ0) is 11.5. The lowest BCUT2D eigenvalue weighted by molar-refractivity contribution is -0.155. The molecular formula is C11H20O4. The second-order valence-electron chi connectivity index (χ2n) is 3.48. The van der Waals surface area contributed by atoms with Crippen LogP contribution in [0.25, 0.3) is 0 Å². The molecule has 0 rings (SSSR count). The molecule has 0 radical (unpaired) electrons. The van der Waals surface area contributed by atoms with E-state index in [1.165, 1.54) is 19.3 Å². The Morgan fingerprint density at radius 3 is 2.27 bits per heavy atom. The first-order valence-corrected chi connectivity index (χ1v) is 5.53. The van der Waals surface area contributed by atoms with Crippen molar-refractivity contribution in [3.8, 4) is 0 Å². The average Bonchev–Trinajstić information content (AvgIpc) is 2.26. The highest BCUT2D eigenvalue weighted by atomic mass is 16.5. The third-order valence-corrected chi connectivity index (χ3v) is 2.10. The summed E-state index contributed by atoms with van der Waals surface area (Å²) in [5.74, 6) is -1.80. The van der Waals surface area contributed by atoms with Crippen molar-refractivity contribution in [2.45, 2.75) is 45.4 Å². The summed E-state index contributed by atoms with van der Waals surface area (Å²) in [6, 6.07) is 0. The van der Waals surface area contributed by atoms with Crippen molar-refractivity contribution in [2.75, 3.05) is 13.2 Å². The maximum absolute atomic E-state index is 10.8. The van der Waals surface area contributed by atoms with Gasteiger partial charge in [0.05, 0.1) is 6.61 Å². The van der Waals surface area contributed by atoms with Gasteiger partial charge < -0.3 is 9.84 Å². The van der Waals surface area contributed by atoms with Crippen LogP contribution in [0.1, 0.15) is 45.4 Å². The molecule has 15 heavy (non-hydrogen) atoms. The summed E-state index contributed by atoms with van der Waals surface area (Å²) >= 11 is 0. The highest BCUT2D eigenvalue weighted by Crippen LogP contribution is 2.04. The Bertz CT molecular complexity index is 189. The van der Waals surface area contributed by atoms with E-state index in [0.29, 0.717) is 0 Å². The van der Waals surface area contributed by atoms with Crippen LogP contribution in [-0.4, -0.2) is 30.1 Å². The molecule has 0 unspecified atom stereocenters. The van der Waals surface area contributed by atoms with Gasteiger partial charge in [0, 0.05) is 0 Å². The number of carbonyl (C=O) groups is 2. The lowest BCUT2D eigenvalue weighted by atomic mass is 10.1. The molecule has 0 saturated carbocycles. The molecule has 88 valence electrons. The number of ketones is 1. The van der Waals surface area contributed by atoms with E-state index in [2.05, 4.69) is 11.7 Å². The first-order chi connectivity index (χ1) is 7.22. The molecule has 0 spiro atoms. The molecule has 0 heterocycles. The molecule has 0 saturated heterocycles. The van der Waals surface area contributed by atoms with Gasteiger partial charge in [-0.3, -0.25) is 4.79 Å². The third-order valence-electron chi connectivity index (χ3n) is 2.10. The van der Waals surface area contributed by atoms with Crippen LogP contribution in [0.3, 0.4) is 0 Å². The van der Waals surface area contributed by atoms with Gasteiger partial charge in [0.1, 0.15) is 6.61 Å². The fourth-order valence-electron chi connectivity index (χ4n) is 1.19. The van der Waals surface area contributed by atoms with Gasteiger partial charge >= 0.3 is 5.97 Å². The lowest BCUT2D eigenvalue weighted by Crippen LogP contribution is -2.20. The van der Waals surface area contributed by atoms with Crippen molar-refractivity contribution in [1.29, 1.82) is 0 Å². The Labute approximate surface area is 90.6 Å². The molecular weight excluding hydrogens is 196 g/mol. The number of ether oxygens (including phenoxy) is 1. The quantitative estimate of drug-likeness (QED) is 0.360. The van der Waals surface area contributed by atoms with Crippen molar-refractivity contribution in [1.82, 2.24) is 0 Å². The Kier molecular flexibility index (Phi) is 9.07. The SMILES string of the molecule is CCCCCCCCOC(=O)C(=O)CO. The van der Waals surface area contributed by atoms with Gasteiger partial charge in [0.15, 0.2) is 0 Å². The molecule has 0 fully saturated rings. The Hall–Kier alpha value is -0.900. The van der Waals surface area contributed by atoms with Crippen LogP contribution >= 0.6 is 0 Å². The number of carbonyl (C=O) groups excluding carboxylic acids is 2. The summed E-state index contributed by atoms with van der Waals surface area (Å²) in [7, 11) is 0. The van der Waals surface area contributed by atoms with E-state index in [9.17, 15) is 9.59 Å². The van der Waals surface area contributed by atoms with E-state index in [-0.39, 0.29) is 6.61 Å². The molecule has 4 nitrogen and oxygen atoms in total. The molecule has 0 bridgehead atoms. The first-order valence-electron chi connectivity index (χ1n) is 5.53. The van der Waals surface area contributed by atoms with Gasteiger partial charge in [-0.15, -0.1) is 0 Å². The molecule has 0 amide bonds. The van der Waals surface area contributed by atoms with Crippen molar-refractivity contribution in [2.24, 2.45) is 0 Å². The van der Waals surface area contributed by atoms with Crippen LogP contribution in [0.5, 0.6) is 0 Å². The number of aliphatic hydroxyl groups is 1. The number of aliphatic hydroxyl groups excluding tert-OH is 1. The Morgan fingerprint density at radius 1 is 1.07 bits per heavy atom. The van der Waals surface area contributed by atoms with Crippen LogP contribution in [0.4, 0.5) is 0 Å². The molecule has 0 aromatic carbocycles. The summed E-state index contributed by atoms with van der Waals surface area (Å²) in [6.45, 7) is 1.66. The van der Waals surface area contributed by atoms with Crippen LogP contribution in [-0.2, 0) is 14.3 Å². The second kappa shape index (κ2) is 9.65. The topological polar surface area (TPSA) is 63.6 Å². The summed E-state index contributed by atoms with van der Waals surface area (Å²) in [5, 5.41) is 8.35. The predicted molar refractivity (Wildman–Crippen MR) is 56.4 cm³/mol. The summed E-state index contributed by atoms with van der Waals surface area (Å²) in [4.78, 5) is 21.4. The Morgan fingerprint density at radius 2 is 1.67 bits per heavy atom. The van der Waals surface area contributed by atoms with Gasteiger partial charge in [-0.2, -0.15) is 0 Å². The molecule has 0 aliphatic carbocycles. The minimum absolute atomic E-state index is 0.275. The van der Waals surface area contributed by atoms with E-state index >= 15 is 0 Å². The molecule has 4 heteroatoms. The van der Waals surface area contributed by atoms with Crippen molar-refractivity contribution >= 4 is 11.8 Å². The number of esters is 1. The van der Waals surface area contributed by atoms with E-state index in [0.717, 1.165) is 19.3 Å². The number of hydrogen-bond acceptors (Lipinski definition) is 4. The molecule has 1 N–H and O–H groups in total. The van der Waals surface area contributed by atoms with E-state index in [1.54, 1.807) is 0 Å². The van der Waals surface area contributed by atoms with E-state index in [1.807, 2.05) is 0 Å². The maximum Gasteiger partial charge on any atom is 0.377 e. The van der Waals surface area contributed by atoms with E-state index in [4.69, 9.17) is 5.11 Å². The molecule has 0 aliphatic heterocycles. The van der Waals surface area contributed by atoms with Gasteiger partial charge in [-0.25, -0.2) is 4.79 Å². The van der Waals surface area contributed by atoms with Crippen molar-refractivity contribution < 1.29 is 19.4 Å². The number of hydrogen-bond donors (Lipinski definition) is 1. The summed E-state index contributed by atoms with van der Waals surface area (Å²) in [5.41, 5.74) is 0. The minimum atomic E-state index is -0.925. The zero-order valence-electron chi connectivity index (χ0n) is 9.33. The highest BCUT2D eigenvalue weighted by Gasteiger charge is 2.12. The van der Waals surface area contributed by atoms with Gasteiger partial charge in [0.25, 0.3) is 5.78 Å². The van der Waals surface area contributed by atoms with Crippen molar-refractivity contribution in [3.05, 3.63) is 0 Å². The fourth-order valence-corrected chi connectivity index (χ4v) is 1.19. The minimum Gasteiger partial charge on any atom is -0.460 e. The lowest BCUT2D eigenvalue weighted by Gasteiger charge is -2.02. The van der Waals surface area contributed by atoms with Gasteiger partial charge in [0.2, 0.25) is 0 Å². The maximum atomic E-state index is 10.8. The normalized spacial score (nSPS) is 10.0. The number of unbranched alkanes of at least 4 members (excludes halogenated alkanes) is 5.